The zero-order chi connectivity index (χ0) is 11.5. The Morgan fingerprint density at radius 1 is 1.44 bits per heavy atom. The lowest BCUT2D eigenvalue weighted by Gasteiger charge is -2.12. The number of anilines is 1. The van der Waals surface area contributed by atoms with Gasteiger partial charge in [0.15, 0.2) is 0 Å². The molecule has 2 aromatic heterocycles. The Hall–Kier alpha value is -1.36. The minimum Gasteiger partial charge on any atom is -0.360 e. The van der Waals surface area contributed by atoms with Crippen molar-refractivity contribution < 1.29 is 0 Å². The van der Waals surface area contributed by atoms with Gasteiger partial charge in [-0.2, -0.15) is 0 Å². The summed E-state index contributed by atoms with van der Waals surface area (Å²) in [5.74, 6) is 1.76. The van der Waals surface area contributed by atoms with E-state index < -0.39 is 0 Å². The Balaban J connectivity index is 2.12. The van der Waals surface area contributed by atoms with Crippen molar-refractivity contribution in [3.8, 4) is 0 Å². The van der Waals surface area contributed by atoms with Crippen LogP contribution in [0.5, 0.6) is 0 Å². The summed E-state index contributed by atoms with van der Waals surface area (Å²) in [6.07, 6.45) is 3.56. The molecule has 2 rings (SSSR count). The summed E-state index contributed by atoms with van der Waals surface area (Å²) in [5, 5.41) is 3.29. The van der Waals surface area contributed by atoms with Crippen molar-refractivity contribution in [2.45, 2.75) is 19.9 Å². The van der Waals surface area contributed by atoms with E-state index in [9.17, 15) is 0 Å². The van der Waals surface area contributed by atoms with Crippen molar-refractivity contribution in [3.05, 3.63) is 40.5 Å². The Bertz CT molecular complexity index is 467. The van der Waals surface area contributed by atoms with Crippen LogP contribution in [0.2, 0.25) is 0 Å². The molecule has 5 heteroatoms. The number of hydrogen-bond donors (Lipinski definition) is 2. The molecule has 0 amide bonds. The second-order valence-electron chi connectivity index (χ2n) is 3.60. The van der Waals surface area contributed by atoms with E-state index in [1.807, 2.05) is 32.2 Å². The summed E-state index contributed by atoms with van der Waals surface area (Å²) in [5.41, 5.74) is 0.969. The van der Waals surface area contributed by atoms with E-state index in [0.29, 0.717) is 0 Å². The molecular weight excluding hydrogens is 268 g/mol. The highest BCUT2D eigenvalue weighted by Crippen LogP contribution is 2.19. The van der Waals surface area contributed by atoms with Gasteiger partial charge in [0.05, 0.1) is 11.7 Å². The van der Waals surface area contributed by atoms with Crippen molar-refractivity contribution in [2.24, 2.45) is 0 Å². The lowest BCUT2D eigenvalue weighted by atomic mass is 10.3. The lowest BCUT2D eigenvalue weighted by Crippen LogP contribution is -2.09. The topological polar surface area (TPSA) is 53.6 Å². The molecule has 2 N–H and O–H groups in total. The molecule has 84 valence electrons. The first kappa shape index (κ1) is 11.1. The summed E-state index contributed by atoms with van der Waals surface area (Å²) in [6, 6.07) is 4.04. The normalized spacial score (nSPS) is 12.4. The van der Waals surface area contributed by atoms with E-state index in [0.717, 1.165) is 21.8 Å². The first-order chi connectivity index (χ1) is 7.66. The number of aromatic amines is 1. The first-order valence-corrected chi connectivity index (χ1v) is 5.85. The monoisotopic (exact) mass is 280 g/mol. The average Bonchev–Trinajstić information content (AvgIpc) is 2.77. The molecule has 0 fully saturated rings. The minimum atomic E-state index is 0.114. The number of halogens is 1. The van der Waals surface area contributed by atoms with E-state index >= 15 is 0 Å². The third-order valence-corrected chi connectivity index (χ3v) is 3.15. The Labute approximate surface area is 103 Å². The van der Waals surface area contributed by atoms with Crippen molar-refractivity contribution >= 4 is 21.7 Å². The molecule has 4 nitrogen and oxygen atoms in total. The smallest absolute Gasteiger partial charge is 0.128 e. The molecule has 0 aliphatic heterocycles. The molecule has 1 unspecified atom stereocenters. The van der Waals surface area contributed by atoms with Gasteiger partial charge in [0, 0.05) is 16.9 Å². The number of hydrogen-bond acceptors (Lipinski definition) is 3. The van der Waals surface area contributed by atoms with Crippen LogP contribution in [0.3, 0.4) is 0 Å². The first-order valence-electron chi connectivity index (χ1n) is 5.06. The van der Waals surface area contributed by atoms with Crippen molar-refractivity contribution in [3.63, 3.8) is 0 Å². The SMILES string of the molecule is Cc1nc(NC(C)c2ncc[nH]2)ccc1Br. The molecule has 0 radical (unpaired) electrons. The highest BCUT2D eigenvalue weighted by Gasteiger charge is 2.08. The highest BCUT2D eigenvalue weighted by atomic mass is 79.9. The molecule has 0 aliphatic rings. The van der Waals surface area contributed by atoms with Crippen LogP contribution in [0.4, 0.5) is 5.82 Å². The van der Waals surface area contributed by atoms with Gasteiger partial charge in [-0.15, -0.1) is 0 Å². The third kappa shape index (κ3) is 2.41. The van der Waals surface area contributed by atoms with Gasteiger partial charge in [-0.1, -0.05) is 0 Å². The summed E-state index contributed by atoms with van der Waals surface area (Å²) < 4.78 is 1.02. The second-order valence-corrected chi connectivity index (χ2v) is 4.46. The van der Waals surface area contributed by atoms with Crippen LogP contribution in [0.25, 0.3) is 0 Å². The van der Waals surface area contributed by atoms with E-state index in [4.69, 9.17) is 0 Å². The third-order valence-electron chi connectivity index (χ3n) is 2.32. The summed E-state index contributed by atoms with van der Waals surface area (Å²) in [4.78, 5) is 11.7. The molecule has 2 aromatic rings. The maximum absolute atomic E-state index is 4.42. The Morgan fingerprint density at radius 2 is 2.25 bits per heavy atom. The molecule has 16 heavy (non-hydrogen) atoms. The fraction of sp³-hybridized carbons (Fsp3) is 0.273. The quantitative estimate of drug-likeness (QED) is 0.909. The van der Waals surface area contributed by atoms with Crippen LogP contribution in [0.1, 0.15) is 24.5 Å². The average molecular weight is 281 g/mol. The molecule has 0 aromatic carbocycles. The Morgan fingerprint density at radius 3 is 2.88 bits per heavy atom. The number of imidazole rings is 1. The molecular formula is C11H13BrN4. The van der Waals surface area contributed by atoms with Crippen LogP contribution in [0.15, 0.2) is 29.0 Å². The van der Waals surface area contributed by atoms with Gasteiger partial charge in [0.25, 0.3) is 0 Å². The van der Waals surface area contributed by atoms with Gasteiger partial charge in [-0.25, -0.2) is 9.97 Å². The predicted octanol–water partition coefficient (Wildman–Crippen LogP) is 3.05. The van der Waals surface area contributed by atoms with Gasteiger partial charge in [-0.3, -0.25) is 0 Å². The van der Waals surface area contributed by atoms with E-state index in [1.54, 1.807) is 6.20 Å². The fourth-order valence-corrected chi connectivity index (χ4v) is 1.65. The highest BCUT2D eigenvalue weighted by molar-refractivity contribution is 9.10. The van der Waals surface area contributed by atoms with Crippen LogP contribution in [-0.4, -0.2) is 15.0 Å². The summed E-state index contributed by atoms with van der Waals surface area (Å²) in [7, 11) is 0. The zero-order valence-electron chi connectivity index (χ0n) is 9.16. The molecule has 0 saturated carbocycles. The number of pyridine rings is 1. The van der Waals surface area contributed by atoms with E-state index in [1.165, 1.54) is 0 Å². The predicted molar refractivity (Wildman–Crippen MR) is 67.3 cm³/mol. The van der Waals surface area contributed by atoms with Gasteiger partial charge >= 0.3 is 0 Å². The van der Waals surface area contributed by atoms with Crippen molar-refractivity contribution in [2.75, 3.05) is 5.32 Å². The maximum Gasteiger partial charge on any atom is 0.128 e. The molecule has 0 aliphatic carbocycles. The number of aromatic nitrogens is 3. The number of nitrogens with one attached hydrogen (secondary N) is 2. The van der Waals surface area contributed by atoms with Crippen LogP contribution in [0, 0.1) is 6.92 Å². The lowest BCUT2D eigenvalue weighted by molar-refractivity contribution is 0.802. The molecule has 0 saturated heterocycles. The fourth-order valence-electron chi connectivity index (χ4n) is 1.43. The number of rotatable bonds is 3. The van der Waals surface area contributed by atoms with Gasteiger partial charge in [0.1, 0.15) is 11.6 Å². The zero-order valence-corrected chi connectivity index (χ0v) is 10.7. The van der Waals surface area contributed by atoms with Gasteiger partial charge < -0.3 is 10.3 Å². The van der Waals surface area contributed by atoms with E-state index in [-0.39, 0.29) is 6.04 Å². The standard InChI is InChI=1S/C11H13BrN4/c1-7-9(12)3-4-10(15-7)16-8(2)11-13-5-6-14-11/h3-6,8H,1-2H3,(H,13,14)(H,15,16). The van der Waals surface area contributed by atoms with Crippen molar-refractivity contribution in [1.82, 2.24) is 15.0 Å². The number of H-pyrrole nitrogens is 1. The second kappa shape index (κ2) is 4.65. The summed E-state index contributed by atoms with van der Waals surface area (Å²) >= 11 is 3.43. The molecule has 0 bridgehead atoms. The molecule has 2 heterocycles. The number of aryl methyl sites for hydroxylation is 1. The minimum absolute atomic E-state index is 0.114. The van der Waals surface area contributed by atoms with Crippen LogP contribution < -0.4 is 5.32 Å². The van der Waals surface area contributed by atoms with Gasteiger partial charge in [-0.05, 0) is 41.9 Å². The molecule has 1 atom stereocenters. The Kier molecular flexibility index (Phi) is 3.24. The van der Waals surface area contributed by atoms with Crippen LogP contribution >= 0.6 is 15.9 Å². The maximum atomic E-state index is 4.42. The van der Waals surface area contributed by atoms with Gasteiger partial charge in [0.2, 0.25) is 0 Å². The number of nitrogens with zero attached hydrogens (tertiary/aromatic N) is 2. The summed E-state index contributed by atoms with van der Waals surface area (Å²) in [6.45, 7) is 4.00. The molecule has 0 spiro atoms. The van der Waals surface area contributed by atoms with E-state index in [2.05, 4.69) is 36.2 Å². The van der Waals surface area contributed by atoms with Crippen molar-refractivity contribution in [1.29, 1.82) is 0 Å². The largest absolute Gasteiger partial charge is 0.360 e. The van der Waals surface area contributed by atoms with Crippen LogP contribution in [-0.2, 0) is 0 Å².